The number of nitrogens with zero attached hydrogens (tertiary/aromatic N) is 4. The van der Waals surface area contributed by atoms with Gasteiger partial charge in [0.1, 0.15) is 17.7 Å². The van der Waals surface area contributed by atoms with Gasteiger partial charge in [0.05, 0.1) is 41.2 Å². The smallest absolute Gasteiger partial charge is 0.315 e. The minimum absolute atomic E-state index is 0.00324. The summed E-state index contributed by atoms with van der Waals surface area (Å²) in [6.45, 7) is 3.33. The molecule has 3 fully saturated rings. The number of hydrogen-bond donors (Lipinski definition) is 6. The molecule has 3 aliphatic rings. The molecule has 2 aliphatic carbocycles. The molecule has 2 saturated carbocycles. The topological polar surface area (TPSA) is 274 Å². The molecular weight excluding hydrogens is 799 g/mol. The second-order valence-corrected chi connectivity index (χ2v) is 18.7. The number of amides is 6. The van der Waals surface area contributed by atoms with Gasteiger partial charge in [-0.1, -0.05) is 37.3 Å². The summed E-state index contributed by atoms with van der Waals surface area (Å²) in [5.74, 6) is -4.31. The molecule has 6 amide bonds. The van der Waals surface area contributed by atoms with E-state index in [9.17, 15) is 42.3 Å². The highest BCUT2D eigenvalue weighted by atomic mass is 32.2. The van der Waals surface area contributed by atoms with E-state index in [1.165, 1.54) is 47.2 Å². The van der Waals surface area contributed by atoms with Crippen LogP contribution in [0.5, 0.6) is 0 Å². The van der Waals surface area contributed by atoms with Gasteiger partial charge < -0.3 is 41.7 Å². The Labute approximate surface area is 350 Å². The number of ether oxygens (including phenoxy) is 1. The Kier molecular flexibility index (Phi) is 15.8. The van der Waals surface area contributed by atoms with Gasteiger partial charge in [0.2, 0.25) is 17.6 Å². The number of nitrogens with two attached hydrogens (primary N) is 1. The van der Waals surface area contributed by atoms with Crippen molar-refractivity contribution in [1.29, 1.82) is 0 Å². The van der Waals surface area contributed by atoms with E-state index < -0.39 is 69.0 Å². The third kappa shape index (κ3) is 12.5. The molecule has 60 heavy (non-hydrogen) atoms. The van der Waals surface area contributed by atoms with E-state index >= 15 is 0 Å². The summed E-state index contributed by atoms with van der Waals surface area (Å²) in [6.07, 6.45) is 8.99. The fourth-order valence-corrected chi connectivity index (χ4v) is 9.00. The number of hydrogen-bond acceptors (Lipinski definition) is 12. The average molecular weight is 858 g/mol. The molecule has 1 saturated heterocycles. The molecule has 0 spiro atoms. The van der Waals surface area contributed by atoms with Crippen LogP contribution >= 0.6 is 0 Å². The van der Waals surface area contributed by atoms with Crippen molar-refractivity contribution in [3.05, 3.63) is 41.7 Å². The predicted molar refractivity (Wildman–Crippen MR) is 217 cm³/mol. The number of urea groups is 1. The van der Waals surface area contributed by atoms with Crippen molar-refractivity contribution in [2.75, 3.05) is 32.6 Å². The number of sulfone groups is 1. The number of ketones is 1. The Morgan fingerprint density at radius 2 is 1.68 bits per heavy atom. The lowest BCUT2D eigenvalue weighted by atomic mass is 9.84. The maximum absolute atomic E-state index is 14.8. The molecule has 0 bridgehead atoms. The van der Waals surface area contributed by atoms with Crippen molar-refractivity contribution in [2.45, 2.75) is 132 Å². The number of nitrogens with one attached hydrogen (secondary N) is 4. The highest BCUT2D eigenvalue weighted by molar-refractivity contribution is 7.91. The number of aliphatic hydroxyl groups is 1. The number of unbranched alkanes of at least 4 members (excludes halogenated alkanes) is 1. The Morgan fingerprint density at radius 3 is 2.32 bits per heavy atom. The van der Waals surface area contributed by atoms with Crippen molar-refractivity contribution in [3.63, 3.8) is 0 Å². The van der Waals surface area contributed by atoms with Crippen LogP contribution in [-0.2, 0) is 39.4 Å². The van der Waals surface area contributed by atoms with E-state index in [0.717, 1.165) is 44.9 Å². The number of primary amides is 1. The zero-order chi connectivity index (χ0) is 43.6. The number of methoxy groups -OCH3 is 1. The first kappa shape index (κ1) is 46.1. The lowest BCUT2D eigenvalue weighted by Gasteiger charge is -2.32. The van der Waals surface area contributed by atoms with E-state index in [4.69, 9.17) is 10.5 Å². The number of Topliss-reactive ketones (excluding diaryl/α,β-unsaturated/α-hetero) is 1. The molecule has 330 valence electrons. The first-order chi connectivity index (χ1) is 28.5. The summed E-state index contributed by atoms with van der Waals surface area (Å²) in [7, 11) is -2.26. The third-order valence-corrected chi connectivity index (χ3v) is 13.0. The summed E-state index contributed by atoms with van der Waals surface area (Å²) in [5.41, 5.74) is 4.46. The lowest BCUT2D eigenvalue weighted by Crippen LogP contribution is -2.56. The normalized spacial score (nSPS) is 19.6. The van der Waals surface area contributed by atoms with Gasteiger partial charge >= 0.3 is 6.03 Å². The molecule has 4 atom stereocenters. The van der Waals surface area contributed by atoms with Crippen LogP contribution in [-0.4, -0.2) is 126 Å². The maximum atomic E-state index is 14.8. The fraction of sp³-hybridized carbons (Fsp3) is 0.650. The number of benzene rings is 1. The van der Waals surface area contributed by atoms with Crippen LogP contribution in [0.25, 0.3) is 0 Å². The molecule has 2 heterocycles. The van der Waals surface area contributed by atoms with Crippen LogP contribution < -0.4 is 27.0 Å². The lowest BCUT2D eigenvalue weighted by molar-refractivity contribution is -0.142. The largest absolute Gasteiger partial charge is 0.384 e. The van der Waals surface area contributed by atoms with E-state index in [1.807, 2.05) is 0 Å². The molecule has 20 heteroatoms. The molecule has 19 nitrogen and oxygen atoms in total. The highest BCUT2D eigenvalue weighted by Crippen LogP contribution is 2.34. The molecule has 5 rings (SSSR count). The quantitative estimate of drug-likeness (QED) is 0.0759. The van der Waals surface area contributed by atoms with Crippen LogP contribution in [0.3, 0.4) is 0 Å². The maximum Gasteiger partial charge on any atom is 0.315 e. The third-order valence-electron chi connectivity index (χ3n) is 11.3. The fourth-order valence-electron chi connectivity index (χ4n) is 7.83. The molecule has 1 aromatic carbocycles. The number of carbonyl (C=O) groups excluding carboxylic acids is 6. The van der Waals surface area contributed by atoms with Crippen LogP contribution in [0.1, 0.15) is 113 Å². The summed E-state index contributed by atoms with van der Waals surface area (Å²) in [5, 5.41) is 30.2. The van der Waals surface area contributed by atoms with Gasteiger partial charge in [-0.25, -0.2) is 17.9 Å². The van der Waals surface area contributed by atoms with Gasteiger partial charge in [-0.05, 0) is 82.6 Å². The molecule has 2 aromatic rings. The molecule has 1 unspecified atom stereocenters. The second-order valence-electron chi connectivity index (χ2n) is 16.6. The minimum Gasteiger partial charge on any atom is -0.384 e. The zero-order valence-electron chi connectivity index (χ0n) is 34.6. The van der Waals surface area contributed by atoms with Gasteiger partial charge in [0.25, 0.3) is 11.8 Å². The summed E-state index contributed by atoms with van der Waals surface area (Å²) >= 11 is 0. The summed E-state index contributed by atoms with van der Waals surface area (Å²) < 4.78 is 31.8. The van der Waals surface area contributed by atoms with Gasteiger partial charge in [-0.15, -0.1) is 5.10 Å². The van der Waals surface area contributed by atoms with Gasteiger partial charge in [-0.3, -0.25) is 24.0 Å². The van der Waals surface area contributed by atoms with Crippen molar-refractivity contribution in [1.82, 2.24) is 41.2 Å². The van der Waals surface area contributed by atoms with Crippen molar-refractivity contribution < 1.29 is 47.0 Å². The van der Waals surface area contributed by atoms with Crippen LogP contribution in [0.4, 0.5) is 4.79 Å². The number of rotatable bonds is 21. The first-order valence-corrected chi connectivity index (χ1v) is 22.4. The zero-order valence-corrected chi connectivity index (χ0v) is 35.4. The number of likely N-dealkylation sites (tertiary alicyclic amines) is 1. The SMILES string of the molecule is COCCS(=O)(=O)c1ccc(C(=O)N[C@H](CC2CCCCC2)C(=O)N2C[C@@H](n3nncc3C(C)(C)O)C[C@H]2C(=O)NC(CCCCNC(=O)NC2CC2)C(=O)C(N)=O)cc1. The Balaban J connectivity index is 1.38. The van der Waals surface area contributed by atoms with Crippen molar-refractivity contribution in [3.8, 4) is 0 Å². The molecule has 1 aromatic heterocycles. The van der Waals surface area contributed by atoms with Crippen LogP contribution in [0, 0.1) is 5.92 Å². The van der Waals surface area contributed by atoms with Crippen molar-refractivity contribution in [2.24, 2.45) is 11.7 Å². The molecule has 1 aliphatic heterocycles. The number of aromatic nitrogens is 3. The molecule has 7 N–H and O–H groups in total. The Morgan fingerprint density at radius 1 is 0.983 bits per heavy atom. The number of carbonyl (C=O) groups is 6. The van der Waals surface area contributed by atoms with E-state index in [-0.39, 0.29) is 66.6 Å². The standard InChI is InChI=1S/C40H59N9O10S/c1-40(2,56)33-23-43-47-49(33)28-22-32(37(53)45-30(34(50)35(41)51)11-7-8-18-42-39(55)44-27-14-15-27)48(24-28)38(54)31(21-25-9-5-4-6-10-25)46-36(52)26-12-16-29(17-13-26)60(57,58)20-19-59-3/h12-13,16-17,23,25,27-28,30-32,56H,4-11,14-15,18-22,24H2,1-3H3,(H2,41,51)(H,45,53)(H,46,52)(H2,42,44,55)/t28-,30?,31+,32-/m0/s1. The predicted octanol–water partition coefficient (Wildman–Crippen LogP) is 1.01. The van der Waals surface area contributed by atoms with Crippen molar-refractivity contribution >= 4 is 45.3 Å². The van der Waals surface area contributed by atoms with Gasteiger partial charge in [-0.2, -0.15) is 0 Å². The average Bonchev–Trinajstić information content (AvgIpc) is 3.67. The van der Waals surface area contributed by atoms with E-state index in [1.54, 1.807) is 13.8 Å². The van der Waals surface area contributed by atoms with E-state index in [2.05, 4.69) is 31.6 Å². The van der Waals surface area contributed by atoms with E-state index in [0.29, 0.717) is 25.1 Å². The first-order valence-electron chi connectivity index (χ1n) is 20.7. The van der Waals surface area contributed by atoms with Crippen LogP contribution in [0.2, 0.25) is 0 Å². The minimum atomic E-state index is -3.66. The summed E-state index contributed by atoms with van der Waals surface area (Å²) in [6, 6.07) is 0.999. The Hall–Kier alpha value is -4.95. The van der Waals surface area contributed by atoms with Crippen LogP contribution in [0.15, 0.2) is 35.4 Å². The van der Waals surface area contributed by atoms with Gasteiger partial charge in [0, 0.05) is 38.2 Å². The van der Waals surface area contributed by atoms with Gasteiger partial charge in [0.15, 0.2) is 9.84 Å². The Bertz CT molecular complexity index is 1960. The molecule has 0 radical (unpaired) electrons. The highest BCUT2D eigenvalue weighted by Gasteiger charge is 2.45. The molecular formula is C40H59N9O10S. The second kappa shape index (κ2) is 20.5. The monoisotopic (exact) mass is 857 g/mol. The summed E-state index contributed by atoms with van der Waals surface area (Å²) in [4.78, 5) is 81.5.